The van der Waals surface area contributed by atoms with Crippen molar-refractivity contribution in [1.82, 2.24) is 0 Å². The third kappa shape index (κ3) is 2.72. The summed E-state index contributed by atoms with van der Waals surface area (Å²) in [6.45, 7) is 10.9. The predicted molar refractivity (Wildman–Crippen MR) is 141 cm³/mol. The zero-order chi connectivity index (χ0) is 23.8. The molecular weight excluding hydrogens is 414 g/mol. The standard InChI is InChI=1S/C32H29NO/c1-20(34)21-15-16-23-24-18-28-30(19-27(24)32(4,5)26(23)17-21)33(22-11-7-6-8-12-22)29-14-10-9-13-25(29)31(28,2)3/h6-19H,1-5H3. The van der Waals surface area contributed by atoms with E-state index in [1.54, 1.807) is 6.92 Å². The summed E-state index contributed by atoms with van der Waals surface area (Å²) in [7, 11) is 0. The Morgan fingerprint density at radius 2 is 1.26 bits per heavy atom. The van der Waals surface area contributed by atoms with Crippen molar-refractivity contribution in [2.24, 2.45) is 0 Å². The Hall–Kier alpha value is -3.65. The Morgan fingerprint density at radius 3 is 2.00 bits per heavy atom. The lowest BCUT2D eigenvalue weighted by Crippen LogP contribution is -2.31. The molecule has 2 nitrogen and oxygen atoms in total. The molecule has 0 bridgehead atoms. The van der Waals surface area contributed by atoms with Crippen molar-refractivity contribution in [2.45, 2.75) is 45.4 Å². The SMILES string of the molecule is CC(=O)c1ccc2c(c1)C(C)(C)c1cc3c(cc1-2)C(C)(C)c1ccccc1N3c1ccccc1. The molecule has 0 unspecified atom stereocenters. The summed E-state index contributed by atoms with van der Waals surface area (Å²) in [5.74, 6) is 0.112. The minimum atomic E-state index is -0.186. The van der Waals surface area contributed by atoms with Crippen molar-refractivity contribution in [3.05, 3.63) is 113 Å². The normalized spacial score (nSPS) is 16.3. The van der Waals surface area contributed by atoms with Gasteiger partial charge < -0.3 is 4.90 Å². The second kappa shape index (κ2) is 6.93. The highest BCUT2D eigenvalue weighted by Crippen LogP contribution is 2.57. The van der Waals surface area contributed by atoms with Gasteiger partial charge in [-0.05, 0) is 76.7 Å². The zero-order valence-corrected chi connectivity index (χ0v) is 20.4. The van der Waals surface area contributed by atoms with E-state index in [1.807, 2.05) is 6.07 Å². The first-order valence-electron chi connectivity index (χ1n) is 12.0. The Labute approximate surface area is 201 Å². The van der Waals surface area contributed by atoms with Gasteiger partial charge >= 0.3 is 0 Å². The summed E-state index contributed by atoms with van der Waals surface area (Å²) >= 11 is 0. The van der Waals surface area contributed by atoms with Gasteiger partial charge in [0.15, 0.2) is 5.78 Å². The number of Topliss-reactive ketones (excluding diaryl/α,β-unsaturated/α-hetero) is 1. The number of anilines is 3. The lowest BCUT2D eigenvalue weighted by atomic mass is 9.72. The van der Waals surface area contributed by atoms with Gasteiger partial charge in [0.25, 0.3) is 0 Å². The van der Waals surface area contributed by atoms with Crippen molar-refractivity contribution >= 4 is 22.8 Å². The van der Waals surface area contributed by atoms with Crippen LogP contribution in [0.25, 0.3) is 11.1 Å². The number of fused-ring (bicyclic) bond motifs is 5. The number of nitrogens with zero attached hydrogens (tertiary/aromatic N) is 1. The molecule has 1 aliphatic heterocycles. The van der Waals surface area contributed by atoms with E-state index in [-0.39, 0.29) is 16.6 Å². The molecule has 0 aromatic heterocycles. The monoisotopic (exact) mass is 443 g/mol. The molecule has 4 aromatic carbocycles. The number of carbonyl (C=O) groups excluding carboxylic acids is 1. The van der Waals surface area contributed by atoms with E-state index in [0.717, 1.165) is 5.56 Å². The quantitative estimate of drug-likeness (QED) is 0.290. The third-order valence-corrected chi connectivity index (χ3v) is 7.95. The van der Waals surface area contributed by atoms with Crippen LogP contribution in [0.1, 0.15) is 67.2 Å². The van der Waals surface area contributed by atoms with E-state index in [0.29, 0.717) is 0 Å². The van der Waals surface area contributed by atoms with E-state index in [1.165, 1.54) is 50.4 Å². The number of hydrogen-bond donors (Lipinski definition) is 0. The average Bonchev–Trinajstić information content (AvgIpc) is 3.05. The Bertz CT molecular complexity index is 1480. The van der Waals surface area contributed by atoms with Crippen LogP contribution in [-0.2, 0) is 10.8 Å². The first kappa shape index (κ1) is 20.9. The Kier molecular flexibility index (Phi) is 4.26. The van der Waals surface area contributed by atoms with Crippen LogP contribution in [0, 0.1) is 0 Å². The highest BCUT2D eigenvalue weighted by atomic mass is 16.1. The van der Waals surface area contributed by atoms with Gasteiger partial charge in [0.2, 0.25) is 0 Å². The summed E-state index contributed by atoms with van der Waals surface area (Å²) in [4.78, 5) is 14.6. The lowest BCUT2D eigenvalue weighted by Gasteiger charge is -2.42. The molecule has 0 amide bonds. The van der Waals surface area contributed by atoms with Crippen LogP contribution in [0.5, 0.6) is 0 Å². The minimum absolute atomic E-state index is 0.112. The van der Waals surface area contributed by atoms with Crippen LogP contribution < -0.4 is 4.90 Å². The van der Waals surface area contributed by atoms with Crippen LogP contribution in [-0.4, -0.2) is 5.78 Å². The summed E-state index contributed by atoms with van der Waals surface area (Å²) < 4.78 is 0. The molecule has 1 aliphatic carbocycles. The second-order valence-electron chi connectivity index (χ2n) is 10.7. The summed E-state index contributed by atoms with van der Waals surface area (Å²) in [5.41, 5.74) is 11.8. The molecule has 4 aromatic rings. The van der Waals surface area contributed by atoms with Gasteiger partial charge in [0, 0.05) is 22.1 Å². The molecule has 0 fully saturated rings. The van der Waals surface area contributed by atoms with Crippen LogP contribution in [0.3, 0.4) is 0 Å². The minimum Gasteiger partial charge on any atom is -0.310 e. The first-order valence-corrected chi connectivity index (χ1v) is 12.0. The van der Waals surface area contributed by atoms with Crippen molar-refractivity contribution in [3.8, 4) is 11.1 Å². The maximum atomic E-state index is 12.1. The van der Waals surface area contributed by atoms with Gasteiger partial charge in [-0.2, -0.15) is 0 Å². The number of para-hydroxylation sites is 2. The molecule has 2 heteroatoms. The molecular formula is C32H29NO. The molecule has 2 aliphatic rings. The fraction of sp³-hybridized carbons (Fsp3) is 0.219. The number of ketones is 1. The smallest absolute Gasteiger partial charge is 0.159 e. The predicted octanol–water partition coefficient (Wildman–Crippen LogP) is 8.30. The van der Waals surface area contributed by atoms with Gasteiger partial charge in [-0.3, -0.25) is 4.79 Å². The van der Waals surface area contributed by atoms with E-state index >= 15 is 0 Å². The molecule has 0 N–H and O–H groups in total. The molecule has 0 atom stereocenters. The largest absolute Gasteiger partial charge is 0.310 e. The fourth-order valence-corrected chi connectivity index (χ4v) is 6.00. The summed E-state index contributed by atoms with van der Waals surface area (Å²) in [6, 6.07) is 30.5. The summed E-state index contributed by atoms with van der Waals surface area (Å²) in [6.07, 6.45) is 0. The van der Waals surface area contributed by atoms with Crippen LogP contribution in [0.4, 0.5) is 17.1 Å². The van der Waals surface area contributed by atoms with Crippen molar-refractivity contribution in [2.75, 3.05) is 4.90 Å². The summed E-state index contributed by atoms with van der Waals surface area (Å²) in [5, 5.41) is 0. The fourth-order valence-electron chi connectivity index (χ4n) is 6.00. The Balaban J connectivity index is 1.66. The van der Waals surface area contributed by atoms with E-state index < -0.39 is 0 Å². The maximum Gasteiger partial charge on any atom is 0.159 e. The highest BCUT2D eigenvalue weighted by Gasteiger charge is 2.42. The molecule has 0 spiro atoms. The van der Waals surface area contributed by atoms with Crippen molar-refractivity contribution in [1.29, 1.82) is 0 Å². The first-order chi connectivity index (χ1) is 16.2. The number of hydrogen-bond acceptors (Lipinski definition) is 2. The zero-order valence-electron chi connectivity index (χ0n) is 20.4. The third-order valence-electron chi connectivity index (χ3n) is 7.95. The molecule has 1 heterocycles. The molecule has 0 saturated carbocycles. The van der Waals surface area contributed by atoms with Gasteiger partial charge in [0.05, 0.1) is 11.4 Å². The molecule has 6 rings (SSSR count). The van der Waals surface area contributed by atoms with E-state index in [9.17, 15) is 4.79 Å². The van der Waals surface area contributed by atoms with Gasteiger partial charge in [-0.1, -0.05) is 76.2 Å². The van der Waals surface area contributed by atoms with Gasteiger partial charge in [0.1, 0.15) is 0 Å². The van der Waals surface area contributed by atoms with Crippen LogP contribution in [0.2, 0.25) is 0 Å². The van der Waals surface area contributed by atoms with Gasteiger partial charge in [-0.25, -0.2) is 0 Å². The number of carbonyl (C=O) groups is 1. The Morgan fingerprint density at radius 1 is 0.618 bits per heavy atom. The molecule has 168 valence electrons. The maximum absolute atomic E-state index is 12.1. The highest BCUT2D eigenvalue weighted by molar-refractivity contribution is 5.97. The lowest BCUT2D eigenvalue weighted by molar-refractivity contribution is 0.101. The average molecular weight is 444 g/mol. The van der Waals surface area contributed by atoms with Crippen LogP contribution in [0.15, 0.2) is 84.9 Å². The molecule has 0 saturated heterocycles. The van der Waals surface area contributed by atoms with Crippen LogP contribution >= 0.6 is 0 Å². The molecule has 34 heavy (non-hydrogen) atoms. The van der Waals surface area contributed by atoms with Crippen molar-refractivity contribution in [3.63, 3.8) is 0 Å². The number of rotatable bonds is 2. The van der Waals surface area contributed by atoms with Gasteiger partial charge in [-0.15, -0.1) is 0 Å². The van der Waals surface area contributed by atoms with Crippen molar-refractivity contribution < 1.29 is 4.79 Å². The second-order valence-corrected chi connectivity index (χ2v) is 10.7. The molecule has 0 radical (unpaired) electrons. The topological polar surface area (TPSA) is 20.3 Å². The van der Waals surface area contributed by atoms with E-state index in [2.05, 4.69) is 111 Å². The number of benzene rings is 4. The van der Waals surface area contributed by atoms with E-state index in [4.69, 9.17) is 0 Å².